The number of carbonyl (C=O) groups excluding carboxylic acids is 2. The molecule has 1 unspecified atom stereocenters. The third-order valence-electron chi connectivity index (χ3n) is 3.21. The van der Waals surface area contributed by atoms with Gasteiger partial charge in [0.05, 0.1) is 4.90 Å². The number of nitrogen functional groups attached to an aromatic ring is 1. The second-order valence-corrected chi connectivity index (χ2v) is 7.04. The predicted octanol–water partition coefficient (Wildman–Crippen LogP) is -0.319. The van der Waals surface area contributed by atoms with Crippen LogP contribution in [0.25, 0.3) is 0 Å². The van der Waals surface area contributed by atoms with Gasteiger partial charge in [-0.2, -0.15) is 0 Å². The minimum atomic E-state index is -3.46. The van der Waals surface area contributed by atoms with Crippen molar-refractivity contribution in [1.29, 1.82) is 0 Å². The molecule has 1 atom stereocenters. The second-order valence-electron chi connectivity index (χ2n) is 5.02. The number of nitrogens with two attached hydrogens (primary N) is 1. The maximum absolute atomic E-state index is 12.1. The molecule has 8 heteroatoms. The van der Waals surface area contributed by atoms with Crippen LogP contribution < -0.4 is 16.4 Å². The first-order valence-corrected chi connectivity index (χ1v) is 8.36. The molecule has 7 nitrogen and oxygen atoms in total. The molecule has 0 spiro atoms. The molecule has 1 aromatic carbocycles. The fourth-order valence-electron chi connectivity index (χ4n) is 2.12. The normalized spacial score (nSPS) is 18.9. The smallest absolute Gasteiger partial charge is 0.252 e. The number of anilines is 1. The Morgan fingerprint density at radius 3 is 2.71 bits per heavy atom. The van der Waals surface area contributed by atoms with E-state index in [2.05, 4.69) is 10.6 Å². The lowest BCUT2D eigenvalue weighted by molar-refractivity contribution is -0.124. The van der Waals surface area contributed by atoms with E-state index in [1.807, 2.05) is 0 Å². The summed E-state index contributed by atoms with van der Waals surface area (Å²) in [6.45, 7) is 0.599. The highest BCUT2D eigenvalue weighted by Crippen LogP contribution is 2.17. The lowest BCUT2D eigenvalue weighted by Gasteiger charge is -2.22. The fraction of sp³-hybridized carbons (Fsp3) is 0.385. The zero-order valence-electron chi connectivity index (χ0n) is 11.5. The highest BCUT2D eigenvalue weighted by Gasteiger charge is 2.24. The number of rotatable bonds is 3. The minimum Gasteiger partial charge on any atom is -0.399 e. The lowest BCUT2D eigenvalue weighted by atomic mass is 10.1. The molecule has 1 aliphatic heterocycles. The van der Waals surface area contributed by atoms with Crippen molar-refractivity contribution >= 4 is 27.3 Å². The fourth-order valence-corrected chi connectivity index (χ4v) is 2.81. The van der Waals surface area contributed by atoms with Crippen molar-refractivity contribution in [3.8, 4) is 0 Å². The maximum atomic E-state index is 12.1. The summed E-state index contributed by atoms with van der Waals surface area (Å²) in [5.74, 6) is -0.754. The lowest BCUT2D eigenvalue weighted by Crippen LogP contribution is -2.50. The van der Waals surface area contributed by atoms with Crippen LogP contribution in [-0.2, 0) is 14.6 Å². The summed E-state index contributed by atoms with van der Waals surface area (Å²) < 4.78 is 23.1. The highest BCUT2D eigenvalue weighted by atomic mass is 32.2. The molecule has 21 heavy (non-hydrogen) atoms. The van der Waals surface area contributed by atoms with Crippen LogP contribution in [0.1, 0.15) is 23.2 Å². The molecule has 0 radical (unpaired) electrons. The summed E-state index contributed by atoms with van der Waals surface area (Å²) in [6, 6.07) is 3.32. The van der Waals surface area contributed by atoms with Crippen LogP contribution in [-0.4, -0.2) is 39.1 Å². The van der Waals surface area contributed by atoms with Gasteiger partial charge in [-0.3, -0.25) is 9.59 Å². The topological polar surface area (TPSA) is 118 Å². The van der Waals surface area contributed by atoms with Gasteiger partial charge in [-0.05, 0) is 31.0 Å². The molecule has 1 aliphatic rings. The van der Waals surface area contributed by atoms with Crippen LogP contribution in [0, 0.1) is 0 Å². The zero-order valence-corrected chi connectivity index (χ0v) is 12.4. The Hall–Kier alpha value is -2.09. The van der Waals surface area contributed by atoms with Crippen LogP contribution in [0.5, 0.6) is 0 Å². The summed E-state index contributed by atoms with van der Waals surface area (Å²) in [4.78, 5) is 23.7. The molecule has 0 saturated carbocycles. The molecule has 1 saturated heterocycles. The molecule has 1 heterocycles. The minimum absolute atomic E-state index is 0.0271. The van der Waals surface area contributed by atoms with Gasteiger partial charge in [0.25, 0.3) is 5.91 Å². The van der Waals surface area contributed by atoms with Gasteiger partial charge in [-0.1, -0.05) is 0 Å². The number of sulfone groups is 1. The van der Waals surface area contributed by atoms with Crippen molar-refractivity contribution < 1.29 is 18.0 Å². The number of amides is 2. The van der Waals surface area contributed by atoms with E-state index in [1.54, 1.807) is 0 Å². The van der Waals surface area contributed by atoms with E-state index in [1.165, 1.54) is 18.2 Å². The first-order valence-electron chi connectivity index (χ1n) is 6.46. The molecule has 4 N–H and O–H groups in total. The number of benzene rings is 1. The molecule has 0 bridgehead atoms. The first kappa shape index (κ1) is 15.3. The average Bonchev–Trinajstić information content (AvgIpc) is 2.39. The third kappa shape index (κ3) is 3.72. The Balaban J connectivity index is 2.23. The monoisotopic (exact) mass is 311 g/mol. The standard InChI is InChI=1S/C13H17N3O4S/c1-21(19,20)10-6-8(5-9(14)7-10)12(17)16-11-3-2-4-15-13(11)18/h5-7,11H,2-4,14H2,1H3,(H,15,18)(H,16,17). The largest absolute Gasteiger partial charge is 0.399 e. The van der Waals surface area contributed by atoms with Gasteiger partial charge >= 0.3 is 0 Å². The second kappa shape index (κ2) is 5.72. The van der Waals surface area contributed by atoms with Crippen LogP contribution in [0.3, 0.4) is 0 Å². The maximum Gasteiger partial charge on any atom is 0.252 e. The molecular formula is C13H17N3O4S. The van der Waals surface area contributed by atoms with Gasteiger partial charge in [-0.15, -0.1) is 0 Å². The molecule has 1 fully saturated rings. The van der Waals surface area contributed by atoms with Crippen molar-refractivity contribution in [3.63, 3.8) is 0 Å². The van der Waals surface area contributed by atoms with Gasteiger partial charge < -0.3 is 16.4 Å². The molecule has 2 amide bonds. The van der Waals surface area contributed by atoms with Gasteiger partial charge in [0, 0.05) is 24.1 Å². The zero-order chi connectivity index (χ0) is 15.6. The van der Waals surface area contributed by atoms with E-state index >= 15 is 0 Å². The summed E-state index contributed by atoms with van der Waals surface area (Å²) in [5.41, 5.74) is 5.93. The Labute approximate surface area is 122 Å². The van der Waals surface area contributed by atoms with Crippen molar-refractivity contribution in [2.24, 2.45) is 0 Å². The van der Waals surface area contributed by atoms with E-state index in [4.69, 9.17) is 5.73 Å². The van der Waals surface area contributed by atoms with Crippen LogP contribution in [0.4, 0.5) is 5.69 Å². The summed E-state index contributed by atoms with van der Waals surface area (Å²) in [7, 11) is -3.46. The number of piperidine rings is 1. The van der Waals surface area contributed by atoms with E-state index in [9.17, 15) is 18.0 Å². The predicted molar refractivity (Wildman–Crippen MR) is 77.5 cm³/mol. The Morgan fingerprint density at radius 1 is 1.38 bits per heavy atom. The molecule has 0 aliphatic carbocycles. The summed E-state index contributed by atoms with van der Waals surface area (Å²) in [5, 5.41) is 5.25. The number of hydrogen-bond donors (Lipinski definition) is 3. The molecule has 114 valence electrons. The van der Waals surface area contributed by atoms with Crippen LogP contribution >= 0.6 is 0 Å². The SMILES string of the molecule is CS(=O)(=O)c1cc(N)cc(C(=O)NC2CCCNC2=O)c1. The van der Waals surface area contributed by atoms with Crippen molar-refractivity contribution in [1.82, 2.24) is 10.6 Å². The van der Waals surface area contributed by atoms with Crippen LogP contribution in [0.2, 0.25) is 0 Å². The van der Waals surface area contributed by atoms with E-state index in [-0.39, 0.29) is 22.1 Å². The van der Waals surface area contributed by atoms with Gasteiger partial charge in [0.1, 0.15) is 6.04 Å². The number of nitrogens with one attached hydrogen (secondary N) is 2. The molecule has 2 rings (SSSR count). The molecular weight excluding hydrogens is 294 g/mol. The summed E-state index contributed by atoms with van der Waals surface area (Å²) in [6.07, 6.45) is 2.37. The van der Waals surface area contributed by atoms with Gasteiger partial charge in [0.2, 0.25) is 5.91 Å². The van der Waals surface area contributed by atoms with Crippen molar-refractivity contribution in [2.75, 3.05) is 18.5 Å². The van der Waals surface area contributed by atoms with Crippen molar-refractivity contribution in [2.45, 2.75) is 23.8 Å². The van der Waals surface area contributed by atoms with Gasteiger partial charge in [0.15, 0.2) is 9.84 Å². The summed E-state index contributed by atoms with van der Waals surface area (Å²) >= 11 is 0. The number of carbonyl (C=O) groups is 2. The molecule has 0 aromatic heterocycles. The third-order valence-corrected chi connectivity index (χ3v) is 4.30. The molecule has 1 aromatic rings. The quantitative estimate of drug-likeness (QED) is 0.661. The Morgan fingerprint density at radius 2 is 2.10 bits per heavy atom. The first-order chi connectivity index (χ1) is 9.77. The van der Waals surface area contributed by atoms with E-state index in [0.29, 0.717) is 13.0 Å². The average molecular weight is 311 g/mol. The van der Waals surface area contributed by atoms with Crippen molar-refractivity contribution in [3.05, 3.63) is 23.8 Å². The van der Waals surface area contributed by atoms with E-state index < -0.39 is 21.8 Å². The Bertz CT molecular complexity index is 685. The van der Waals surface area contributed by atoms with E-state index in [0.717, 1.165) is 12.7 Å². The highest BCUT2D eigenvalue weighted by molar-refractivity contribution is 7.90. The number of hydrogen-bond acceptors (Lipinski definition) is 5. The van der Waals surface area contributed by atoms with Gasteiger partial charge in [-0.25, -0.2) is 8.42 Å². The van der Waals surface area contributed by atoms with Crippen LogP contribution in [0.15, 0.2) is 23.1 Å². The Kier molecular flexibility index (Phi) is 4.17.